The fraction of sp³-hybridized carbons (Fsp3) is 0.800. The van der Waals surface area contributed by atoms with Gasteiger partial charge in [-0.15, -0.1) is 0 Å². The van der Waals surface area contributed by atoms with E-state index in [0.717, 1.165) is 0 Å². The van der Waals surface area contributed by atoms with Crippen LogP contribution in [0.3, 0.4) is 0 Å². The van der Waals surface area contributed by atoms with Crippen molar-refractivity contribution in [2.75, 3.05) is 19.9 Å². The summed E-state index contributed by atoms with van der Waals surface area (Å²) in [4.78, 5) is 12.6. The molecule has 0 aromatic heterocycles. The molecule has 0 rings (SSSR count). The van der Waals surface area contributed by atoms with Crippen LogP contribution in [0.1, 0.15) is 6.92 Å². The highest BCUT2D eigenvalue weighted by Gasteiger charge is 1.90. The first-order valence-electron chi connectivity index (χ1n) is 2.99. The van der Waals surface area contributed by atoms with Crippen LogP contribution < -0.4 is 0 Å². The summed E-state index contributed by atoms with van der Waals surface area (Å²) in [5.41, 5.74) is 7.80. The summed E-state index contributed by atoms with van der Waals surface area (Å²) in [6.07, 6.45) is 0. The van der Waals surface area contributed by atoms with Gasteiger partial charge in [0.2, 0.25) is 0 Å². The van der Waals surface area contributed by atoms with Crippen molar-refractivity contribution in [1.82, 2.24) is 0 Å². The highest BCUT2D eigenvalue weighted by atomic mass is 16.6. The van der Waals surface area contributed by atoms with Crippen LogP contribution in [0.2, 0.25) is 0 Å². The predicted octanol–water partition coefficient (Wildman–Crippen LogP) is 0.834. The average Bonchev–Trinajstić information content (AvgIpc) is 1.96. The zero-order chi connectivity index (χ0) is 8.53. The summed E-state index contributed by atoms with van der Waals surface area (Å²) in [5.74, 6) is -0.350. The maximum atomic E-state index is 10.2. The molecule has 6 nitrogen and oxygen atoms in total. The topological polar surface area (TPSA) is 84.3 Å². The van der Waals surface area contributed by atoms with Crippen LogP contribution in [0.5, 0.6) is 0 Å². The van der Waals surface area contributed by atoms with Gasteiger partial charge in [-0.3, -0.25) is 4.79 Å². The second kappa shape index (κ2) is 6.85. The molecule has 0 amide bonds. The highest BCUT2D eigenvalue weighted by Crippen LogP contribution is 1.80. The van der Waals surface area contributed by atoms with E-state index >= 15 is 0 Å². The van der Waals surface area contributed by atoms with Gasteiger partial charge in [-0.1, -0.05) is 5.11 Å². The van der Waals surface area contributed by atoms with Gasteiger partial charge in [-0.25, -0.2) is 0 Å². The molecule has 62 valence electrons. The highest BCUT2D eigenvalue weighted by molar-refractivity contribution is 5.65. The first-order chi connectivity index (χ1) is 5.27. The number of nitrogens with zero attached hydrogens (tertiary/aromatic N) is 3. The minimum atomic E-state index is -0.350. The number of rotatable bonds is 5. The Balaban J connectivity index is 3.02. The first-order valence-corrected chi connectivity index (χ1v) is 2.99. The maximum Gasteiger partial charge on any atom is 0.302 e. The SMILES string of the molecule is CC(=O)OCCOCN=[N+]=[N-]. The van der Waals surface area contributed by atoms with Gasteiger partial charge in [0.15, 0.2) is 0 Å². The van der Waals surface area contributed by atoms with Gasteiger partial charge in [-0.05, 0) is 5.53 Å². The second-order valence-corrected chi connectivity index (χ2v) is 1.61. The Morgan fingerprint density at radius 1 is 1.64 bits per heavy atom. The summed E-state index contributed by atoms with van der Waals surface area (Å²) < 4.78 is 9.25. The van der Waals surface area contributed by atoms with E-state index in [9.17, 15) is 4.79 Å². The van der Waals surface area contributed by atoms with Gasteiger partial charge >= 0.3 is 5.97 Å². The van der Waals surface area contributed by atoms with E-state index in [-0.39, 0.29) is 25.9 Å². The third-order valence-electron chi connectivity index (χ3n) is 0.745. The van der Waals surface area contributed by atoms with Crippen molar-refractivity contribution in [1.29, 1.82) is 0 Å². The molecule has 0 bridgehead atoms. The Morgan fingerprint density at radius 2 is 2.36 bits per heavy atom. The number of carbonyl (C=O) groups excluding carboxylic acids is 1. The summed E-state index contributed by atoms with van der Waals surface area (Å²) in [7, 11) is 0. The van der Waals surface area contributed by atoms with Crippen LogP contribution in [0.15, 0.2) is 5.11 Å². The molecule has 0 aliphatic carbocycles. The maximum absolute atomic E-state index is 10.2. The van der Waals surface area contributed by atoms with E-state index in [4.69, 9.17) is 10.3 Å². The van der Waals surface area contributed by atoms with Crippen LogP contribution in [0, 0.1) is 0 Å². The van der Waals surface area contributed by atoms with Crippen LogP contribution in [-0.4, -0.2) is 25.9 Å². The molecule has 0 N–H and O–H groups in total. The van der Waals surface area contributed by atoms with E-state index in [1.54, 1.807) is 0 Å². The average molecular weight is 159 g/mol. The number of ether oxygens (including phenoxy) is 2. The standard InChI is InChI=1S/C5H9N3O3/c1-5(9)11-3-2-10-4-7-8-6/h2-4H2,1H3. The molecule has 0 aromatic rings. The predicted molar refractivity (Wildman–Crippen MR) is 36.6 cm³/mol. The van der Waals surface area contributed by atoms with Gasteiger partial charge < -0.3 is 9.47 Å². The molecule has 0 heterocycles. The lowest BCUT2D eigenvalue weighted by Gasteiger charge is -1.99. The normalized spacial score (nSPS) is 8.45. The molecule has 0 fully saturated rings. The fourth-order valence-corrected chi connectivity index (χ4v) is 0.376. The van der Waals surface area contributed by atoms with Gasteiger partial charge in [0, 0.05) is 11.8 Å². The van der Waals surface area contributed by atoms with Crippen LogP contribution in [-0.2, 0) is 14.3 Å². The van der Waals surface area contributed by atoms with Gasteiger partial charge in [-0.2, -0.15) is 0 Å². The quantitative estimate of drug-likeness (QED) is 0.196. The largest absolute Gasteiger partial charge is 0.463 e. The van der Waals surface area contributed by atoms with Crippen molar-refractivity contribution < 1.29 is 14.3 Å². The molecule has 0 radical (unpaired) electrons. The molecular formula is C5H9N3O3. The van der Waals surface area contributed by atoms with Crippen molar-refractivity contribution in [3.8, 4) is 0 Å². The molecule has 0 spiro atoms. The monoisotopic (exact) mass is 159 g/mol. The lowest BCUT2D eigenvalue weighted by atomic mass is 10.7. The van der Waals surface area contributed by atoms with Crippen molar-refractivity contribution in [3.63, 3.8) is 0 Å². The minimum Gasteiger partial charge on any atom is -0.463 e. The summed E-state index contributed by atoms with van der Waals surface area (Å²) in [5, 5.41) is 3.11. The lowest BCUT2D eigenvalue weighted by molar-refractivity contribution is -0.142. The molecular weight excluding hydrogens is 150 g/mol. The number of hydrogen-bond acceptors (Lipinski definition) is 4. The van der Waals surface area contributed by atoms with Crippen LogP contribution in [0.25, 0.3) is 10.4 Å². The van der Waals surface area contributed by atoms with Crippen molar-refractivity contribution in [2.24, 2.45) is 5.11 Å². The smallest absolute Gasteiger partial charge is 0.302 e. The number of hydrogen-bond donors (Lipinski definition) is 0. The Labute approximate surface area is 63.7 Å². The zero-order valence-electron chi connectivity index (χ0n) is 6.19. The first kappa shape index (κ1) is 9.74. The fourth-order valence-electron chi connectivity index (χ4n) is 0.376. The van der Waals surface area contributed by atoms with Gasteiger partial charge in [0.25, 0.3) is 0 Å². The number of carbonyl (C=O) groups is 1. The van der Waals surface area contributed by atoms with Crippen molar-refractivity contribution >= 4 is 5.97 Å². The third kappa shape index (κ3) is 8.74. The molecule has 0 aromatic carbocycles. The molecule has 0 atom stereocenters. The Hall–Kier alpha value is -1.26. The Kier molecular flexibility index (Phi) is 6.07. The molecule has 0 saturated heterocycles. The van der Waals surface area contributed by atoms with E-state index in [2.05, 4.69) is 14.8 Å². The van der Waals surface area contributed by atoms with Crippen LogP contribution >= 0.6 is 0 Å². The van der Waals surface area contributed by atoms with Crippen molar-refractivity contribution in [3.05, 3.63) is 10.4 Å². The second-order valence-electron chi connectivity index (χ2n) is 1.61. The summed E-state index contributed by atoms with van der Waals surface area (Å²) >= 11 is 0. The zero-order valence-corrected chi connectivity index (χ0v) is 6.19. The minimum absolute atomic E-state index is 0.0300. The van der Waals surface area contributed by atoms with E-state index < -0.39 is 0 Å². The van der Waals surface area contributed by atoms with Gasteiger partial charge in [0.1, 0.15) is 13.3 Å². The summed E-state index contributed by atoms with van der Waals surface area (Å²) in [6, 6.07) is 0. The van der Waals surface area contributed by atoms with E-state index in [1.807, 2.05) is 0 Å². The Bertz CT molecular complexity index is 160. The number of esters is 1. The van der Waals surface area contributed by atoms with E-state index in [0.29, 0.717) is 0 Å². The molecule has 11 heavy (non-hydrogen) atoms. The third-order valence-corrected chi connectivity index (χ3v) is 0.745. The van der Waals surface area contributed by atoms with E-state index in [1.165, 1.54) is 6.92 Å². The van der Waals surface area contributed by atoms with Gasteiger partial charge in [0.05, 0.1) is 6.61 Å². The molecule has 0 aliphatic rings. The Morgan fingerprint density at radius 3 is 2.91 bits per heavy atom. The molecule has 0 saturated carbocycles. The van der Waals surface area contributed by atoms with Crippen molar-refractivity contribution in [2.45, 2.75) is 6.92 Å². The summed E-state index contributed by atoms with van der Waals surface area (Å²) in [6.45, 7) is 1.72. The number of azide groups is 1. The molecule has 6 heteroatoms. The lowest BCUT2D eigenvalue weighted by Crippen LogP contribution is -2.07. The van der Waals surface area contributed by atoms with Crippen LogP contribution in [0.4, 0.5) is 0 Å². The molecule has 0 aliphatic heterocycles. The molecule has 0 unspecified atom stereocenters.